The van der Waals surface area contributed by atoms with Crippen LogP contribution >= 0.6 is 15.9 Å². The Balaban J connectivity index is 1.54. The van der Waals surface area contributed by atoms with Crippen molar-refractivity contribution >= 4 is 44.6 Å². The number of nitrogens with zero attached hydrogens (tertiary/aromatic N) is 5. The molecule has 0 unspecified atom stereocenters. The summed E-state index contributed by atoms with van der Waals surface area (Å²) in [7, 11) is 3.85. The maximum absolute atomic E-state index is 13.1. The average Bonchev–Trinajstić information content (AvgIpc) is 3.48. The molecule has 0 aliphatic rings. The normalized spacial score (nSPS) is 11.0. The van der Waals surface area contributed by atoms with Crippen LogP contribution < -0.4 is 10.2 Å². The molecule has 2 N–H and O–H groups in total. The fourth-order valence-corrected chi connectivity index (χ4v) is 4.08. The highest BCUT2D eigenvalue weighted by molar-refractivity contribution is 9.10. The van der Waals surface area contributed by atoms with Gasteiger partial charge in [0.15, 0.2) is 5.65 Å². The van der Waals surface area contributed by atoms with Crippen molar-refractivity contribution in [3.63, 3.8) is 0 Å². The average molecular weight is 516 g/mol. The predicted molar refractivity (Wildman–Crippen MR) is 136 cm³/mol. The molecule has 170 valence electrons. The molecular formula is C25H22BrN7O. The summed E-state index contributed by atoms with van der Waals surface area (Å²) in [5.41, 5.74) is 4.56. The number of carbonyl (C=O) groups is 1. The lowest BCUT2D eigenvalue weighted by Gasteiger charge is -2.20. The number of hydrogen-bond donors (Lipinski definition) is 2. The monoisotopic (exact) mass is 515 g/mol. The van der Waals surface area contributed by atoms with E-state index in [2.05, 4.69) is 36.2 Å². The van der Waals surface area contributed by atoms with Gasteiger partial charge in [-0.1, -0.05) is 30.3 Å². The Morgan fingerprint density at radius 1 is 1.15 bits per heavy atom. The van der Waals surface area contributed by atoms with Gasteiger partial charge in [0, 0.05) is 60.5 Å². The summed E-state index contributed by atoms with van der Waals surface area (Å²) in [6.07, 6.45) is 5.34. The molecule has 3 aromatic heterocycles. The van der Waals surface area contributed by atoms with E-state index in [9.17, 15) is 4.79 Å². The number of H-pyrrole nitrogens is 1. The minimum absolute atomic E-state index is 0.169. The van der Waals surface area contributed by atoms with E-state index in [1.807, 2.05) is 84.4 Å². The molecule has 5 rings (SSSR count). The number of aromatic nitrogens is 5. The third-order valence-corrected chi connectivity index (χ3v) is 5.97. The lowest BCUT2D eigenvalue weighted by molar-refractivity contribution is 0.0951. The van der Waals surface area contributed by atoms with E-state index in [1.54, 1.807) is 12.4 Å². The molecule has 0 fully saturated rings. The molecule has 34 heavy (non-hydrogen) atoms. The lowest BCUT2D eigenvalue weighted by atomic mass is 10.1. The van der Waals surface area contributed by atoms with Crippen LogP contribution in [0.3, 0.4) is 0 Å². The van der Waals surface area contributed by atoms with Crippen molar-refractivity contribution < 1.29 is 4.79 Å². The van der Waals surface area contributed by atoms with Gasteiger partial charge in [0.25, 0.3) is 5.91 Å². The fourth-order valence-electron chi connectivity index (χ4n) is 3.76. The van der Waals surface area contributed by atoms with Crippen LogP contribution in [-0.2, 0) is 13.6 Å². The fraction of sp³-hybridized carbons (Fsp3) is 0.120. The van der Waals surface area contributed by atoms with Gasteiger partial charge < -0.3 is 19.8 Å². The molecule has 0 saturated carbocycles. The maximum atomic E-state index is 13.1. The summed E-state index contributed by atoms with van der Waals surface area (Å²) < 4.78 is 2.77. The standard InChI is InChI=1S/C25H22BrN7O/c1-32-9-8-27-25(32)33(2)20-11-17(22-30-21-13-19(26)15-28-23(21)31-22)10-18(12-20)24(34)29-14-16-6-4-3-5-7-16/h3-13,15H,14H2,1-2H3,(H,29,34)(H,28,30,31). The summed E-state index contributed by atoms with van der Waals surface area (Å²) in [5.74, 6) is 1.22. The van der Waals surface area contributed by atoms with E-state index >= 15 is 0 Å². The quantitative estimate of drug-likeness (QED) is 0.338. The highest BCUT2D eigenvalue weighted by atomic mass is 79.9. The summed E-state index contributed by atoms with van der Waals surface area (Å²) >= 11 is 3.44. The Kier molecular flexibility index (Phi) is 5.85. The molecule has 0 saturated heterocycles. The van der Waals surface area contributed by atoms with E-state index in [-0.39, 0.29) is 5.91 Å². The van der Waals surface area contributed by atoms with Crippen molar-refractivity contribution in [1.82, 2.24) is 29.8 Å². The van der Waals surface area contributed by atoms with Crippen molar-refractivity contribution in [2.45, 2.75) is 6.54 Å². The van der Waals surface area contributed by atoms with E-state index in [4.69, 9.17) is 4.98 Å². The summed E-state index contributed by atoms with van der Waals surface area (Å²) in [6.45, 7) is 0.441. The van der Waals surface area contributed by atoms with Crippen molar-refractivity contribution in [2.75, 3.05) is 11.9 Å². The number of aromatic amines is 1. The molecular weight excluding hydrogens is 494 g/mol. The number of imidazole rings is 2. The van der Waals surface area contributed by atoms with Gasteiger partial charge in [0.2, 0.25) is 5.95 Å². The molecule has 9 heteroatoms. The van der Waals surface area contributed by atoms with Gasteiger partial charge in [-0.25, -0.2) is 15.0 Å². The van der Waals surface area contributed by atoms with Gasteiger partial charge in [0.05, 0.1) is 0 Å². The van der Waals surface area contributed by atoms with Gasteiger partial charge in [-0.2, -0.15) is 0 Å². The van der Waals surface area contributed by atoms with Crippen LogP contribution in [0.15, 0.2) is 77.7 Å². The second-order valence-electron chi connectivity index (χ2n) is 7.94. The minimum Gasteiger partial charge on any atom is -0.348 e. The first-order valence-corrected chi connectivity index (χ1v) is 11.5. The van der Waals surface area contributed by atoms with Crippen LogP contribution in [0.1, 0.15) is 15.9 Å². The van der Waals surface area contributed by atoms with Gasteiger partial charge in [0.1, 0.15) is 11.3 Å². The molecule has 0 spiro atoms. The lowest BCUT2D eigenvalue weighted by Crippen LogP contribution is -2.23. The van der Waals surface area contributed by atoms with E-state index in [0.717, 1.165) is 32.8 Å². The zero-order chi connectivity index (χ0) is 23.7. The number of halogens is 1. The van der Waals surface area contributed by atoms with E-state index in [1.165, 1.54) is 0 Å². The first-order chi connectivity index (χ1) is 16.5. The summed E-state index contributed by atoms with van der Waals surface area (Å²) in [4.78, 5) is 31.9. The smallest absolute Gasteiger partial charge is 0.251 e. The molecule has 0 aliphatic carbocycles. The number of anilines is 2. The number of benzene rings is 2. The number of amides is 1. The van der Waals surface area contributed by atoms with Crippen LogP contribution in [0, 0.1) is 0 Å². The van der Waals surface area contributed by atoms with Crippen LogP contribution in [0.25, 0.3) is 22.6 Å². The first kappa shape index (κ1) is 21.8. The zero-order valence-electron chi connectivity index (χ0n) is 18.7. The first-order valence-electron chi connectivity index (χ1n) is 10.7. The van der Waals surface area contributed by atoms with Crippen LogP contribution in [-0.4, -0.2) is 37.5 Å². The van der Waals surface area contributed by atoms with Crippen LogP contribution in [0.4, 0.5) is 11.6 Å². The second kappa shape index (κ2) is 9.11. The van der Waals surface area contributed by atoms with Crippen molar-refractivity contribution in [1.29, 1.82) is 0 Å². The van der Waals surface area contributed by atoms with Gasteiger partial charge >= 0.3 is 0 Å². The number of pyridine rings is 1. The number of fused-ring (bicyclic) bond motifs is 1. The molecule has 8 nitrogen and oxygen atoms in total. The van der Waals surface area contributed by atoms with Crippen molar-refractivity contribution in [3.8, 4) is 11.4 Å². The van der Waals surface area contributed by atoms with Crippen LogP contribution in [0.2, 0.25) is 0 Å². The number of carbonyl (C=O) groups excluding carboxylic acids is 1. The van der Waals surface area contributed by atoms with E-state index < -0.39 is 0 Å². The largest absolute Gasteiger partial charge is 0.348 e. The molecule has 5 aromatic rings. The van der Waals surface area contributed by atoms with Gasteiger partial charge in [-0.3, -0.25) is 4.79 Å². The number of hydrogen-bond acceptors (Lipinski definition) is 5. The molecule has 2 aromatic carbocycles. The predicted octanol–water partition coefficient (Wildman–Crippen LogP) is 4.82. The third-order valence-electron chi connectivity index (χ3n) is 5.54. The Morgan fingerprint density at radius 3 is 2.74 bits per heavy atom. The molecule has 0 aliphatic heterocycles. The molecule has 3 heterocycles. The highest BCUT2D eigenvalue weighted by Crippen LogP contribution is 2.30. The van der Waals surface area contributed by atoms with Gasteiger partial charge in [-0.15, -0.1) is 0 Å². The molecule has 0 radical (unpaired) electrons. The number of rotatable bonds is 6. The highest BCUT2D eigenvalue weighted by Gasteiger charge is 2.17. The number of aryl methyl sites for hydroxylation is 1. The molecule has 1 amide bonds. The molecule has 0 bridgehead atoms. The van der Waals surface area contributed by atoms with Crippen molar-refractivity contribution in [3.05, 3.63) is 88.8 Å². The Hall–Kier alpha value is -3.98. The molecule has 0 atom stereocenters. The summed E-state index contributed by atoms with van der Waals surface area (Å²) in [5, 5.41) is 3.01. The second-order valence-corrected chi connectivity index (χ2v) is 8.86. The Labute approximate surface area is 204 Å². The topological polar surface area (TPSA) is 91.7 Å². The third kappa shape index (κ3) is 4.42. The number of nitrogens with one attached hydrogen (secondary N) is 2. The van der Waals surface area contributed by atoms with Crippen LogP contribution in [0.5, 0.6) is 0 Å². The maximum Gasteiger partial charge on any atom is 0.251 e. The minimum atomic E-state index is -0.169. The summed E-state index contributed by atoms with van der Waals surface area (Å²) in [6, 6.07) is 17.4. The van der Waals surface area contributed by atoms with Gasteiger partial charge in [-0.05, 0) is 45.8 Å². The SMILES string of the molecule is CN(c1cc(C(=O)NCc2ccccc2)cc(-c2nc3cc(Br)cnc3[nH]2)c1)c1nccn1C. The zero-order valence-corrected chi connectivity index (χ0v) is 20.2. The Bertz CT molecular complexity index is 1480. The Morgan fingerprint density at radius 2 is 1.97 bits per heavy atom. The van der Waals surface area contributed by atoms with Crippen molar-refractivity contribution in [2.24, 2.45) is 7.05 Å². The van der Waals surface area contributed by atoms with E-state index in [0.29, 0.717) is 23.6 Å².